The van der Waals surface area contributed by atoms with E-state index in [-0.39, 0.29) is 5.92 Å². The summed E-state index contributed by atoms with van der Waals surface area (Å²) in [4.78, 5) is 15.8. The number of ether oxygens (including phenoxy) is 1. The summed E-state index contributed by atoms with van der Waals surface area (Å²) in [7, 11) is 0. The van der Waals surface area contributed by atoms with Gasteiger partial charge in [-0.25, -0.2) is 4.98 Å². The van der Waals surface area contributed by atoms with E-state index >= 15 is 0 Å². The molecule has 0 bridgehead atoms. The maximum absolute atomic E-state index is 11.2. The van der Waals surface area contributed by atoms with Crippen LogP contribution in [0.3, 0.4) is 0 Å². The molecule has 0 amide bonds. The first kappa shape index (κ1) is 20.2. The van der Waals surface area contributed by atoms with Gasteiger partial charge in [0.25, 0.3) is 0 Å². The molecular weight excluding hydrogens is 380 g/mol. The molecule has 0 spiro atoms. The highest BCUT2D eigenvalue weighted by Gasteiger charge is 2.29. The second-order valence-corrected chi connectivity index (χ2v) is 7.89. The van der Waals surface area contributed by atoms with E-state index < -0.39 is 12.0 Å². The van der Waals surface area contributed by atoms with Gasteiger partial charge in [0.2, 0.25) is 5.89 Å². The zero-order valence-electron chi connectivity index (χ0n) is 17.2. The van der Waals surface area contributed by atoms with Gasteiger partial charge in [0.1, 0.15) is 29.9 Å². The quantitative estimate of drug-likeness (QED) is 0.613. The molecule has 4 rings (SSSR count). The second kappa shape index (κ2) is 8.71. The lowest BCUT2D eigenvalue weighted by Crippen LogP contribution is -2.29. The first-order valence-electron chi connectivity index (χ1n) is 10.2. The predicted octanol–water partition coefficient (Wildman–Crippen LogP) is 4.14. The summed E-state index contributed by atoms with van der Waals surface area (Å²) < 4.78 is 11.9. The predicted molar refractivity (Wildman–Crippen MR) is 113 cm³/mol. The van der Waals surface area contributed by atoms with Gasteiger partial charge in [-0.2, -0.15) is 0 Å². The van der Waals surface area contributed by atoms with Gasteiger partial charge < -0.3 is 19.6 Å². The number of benzene rings is 2. The molecule has 2 atom stereocenters. The van der Waals surface area contributed by atoms with Crippen LogP contribution in [0, 0.1) is 19.8 Å². The fourth-order valence-electron chi connectivity index (χ4n) is 3.80. The normalized spacial score (nSPS) is 18.5. The topological polar surface area (TPSA) is 84.6 Å². The molecule has 0 radical (unpaired) electrons. The van der Waals surface area contributed by atoms with Gasteiger partial charge in [-0.3, -0.25) is 4.79 Å². The fraction of sp³-hybridized carbons (Fsp3) is 0.333. The lowest BCUT2D eigenvalue weighted by Gasteiger charge is -2.14. The number of para-hydroxylation sites is 1. The van der Waals surface area contributed by atoms with Crippen LogP contribution in [0.5, 0.6) is 5.75 Å². The van der Waals surface area contributed by atoms with Crippen LogP contribution in [0.25, 0.3) is 11.5 Å². The molecule has 2 heterocycles. The molecule has 6 nitrogen and oxygen atoms in total. The summed E-state index contributed by atoms with van der Waals surface area (Å²) in [5, 5.41) is 12.3. The van der Waals surface area contributed by atoms with Crippen molar-refractivity contribution in [3.05, 3.63) is 71.1 Å². The van der Waals surface area contributed by atoms with Crippen molar-refractivity contribution in [3.63, 3.8) is 0 Å². The van der Waals surface area contributed by atoms with Crippen molar-refractivity contribution in [3.8, 4) is 17.2 Å². The highest BCUT2D eigenvalue weighted by Crippen LogP contribution is 2.27. The first-order valence-corrected chi connectivity index (χ1v) is 10.2. The molecule has 3 aromatic rings. The number of aromatic nitrogens is 1. The molecule has 1 fully saturated rings. The monoisotopic (exact) mass is 406 g/mol. The van der Waals surface area contributed by atoms with Crippen molar-refractivity contribution in [2.24, 2.45) is 5.92 Å². The van der Waals surface area contributed by atoms with Crippen LogP contribution >= 0.6 is 0 Å². The first-order chi connectivity index (χ1) is 14.5. The van der Waals surface area contributed by atoms with Crippen molar-refractivity contribution >= 4 is 5.97 Å². The number of hydrogen-bond acceptors (Lipinski definition) is 5. The molecule has 1 saturated heterocycles. The Bertz CT molecular complexity index is 1030. The van der Waals surface area contributed by atoms with E-state index in [1.54, 1.807) is 0 Å². The highest BCUT2D eigenvalue weighted by molar-refractivity contribution is 5.73. The van der Waals surface area contributed by atoms with Crippen LogP contribution in [-0.4, -0.2) is 28.6 Å². The number of aliphatic carboxylic acids is 1. The van der Waals surface area contributed by atoms with Gasteiger partial charge in [0, 0.05) is 5.56 Å². The number of nitrogens with one attached hydrogen (secondary N) is 1. The Balaban J connectivity index is 1.43. The van der Waals surface area contributed by atoms with E-state index in [2.05, 4.69) is 10.3 Å². The number of carboxylic acid groups (broad SMARTS) is 1. The molecular formula is C24H26N2O4. The standard InChI is InChI=1S/C24H26N2O4/c1-15-7-9-18(10-8-15)23-26-21(16(2)30-23)14-29-22-6-4-3-5-19(22)11-17-12-20(24(27)28)25-13-17/h3-10,17,20,25H,11-14H2,1-2H3,(H,27,28)/t17?,20-/m1/s1. The zero-order chi connectivity index (χ0) is 21.1. The summed E-state index contributed by atoms with van der Waals surface area (Å²) >= 11 is 0. The van der Waals surface area contributed by atoms with Gasteiger partial charge >= 0.3 is 5.97 Å². The minimum atomic E-state index is -0.784. The summed E-state index contributed by atoms with van der Waals surface area (Å²) in [5.41, 5.74) is 3.98. The molecule has 0 saturated carbocycles. The Morgan fingerprint density at radius 2 is 1.97 bits per heavy atom. The maximum Gasteiger partial charge on any atom is 0.320 e. The highest BCUT2D eigenvalue weighted by atomic mass is 16.5. The van der Waals surface area contributed by atoms with E-state index in [0.717, 1.165) is 34.8 Å². The van der Waals surface area contributed by atoms with Crippen molar-refractivity contribution in [1.29, 1.82) is 0 Å². The molecule has 30 heavy (non-hydrogen) atoms. The minimum Gasteiger partial charge on any atom is -0.487 e. The largest absolute Gasteiger partial charge is 0.487 e. The number of oxazole rings is 1. The minimum absolute atomic E-state index is 0.276. The average molecular weight is 406 g/mol. The molecule has 1 aromatic heterocycles. The van der Waals surface area contributed by atoms with Crippen molar-refractivity contribution in [2.75, 3.05) is 6.54 Å². The van der Waals surface area contributed by atoms with Gasteiger partial charge in [-0.15, -0.1) is 0 Å². The van der Waals surface area contributed by atoms with E-state index in [9.17, 15) is 9.90 Å². The third-order valence-corrected chi connectivity index (χ3v) is 5.56. The van der Waals surface area contributed by atoms with E-state index in [0.29, 0.717) is 25.5 Å². The van der Waals surface area contributed by atoms with Crippen LogP contribution in [0.15, 0.2) is 52.9 Å². The number of hydrogen-bond donors (Lipinski definition) is 2. The van der Waals surface area contributed by atoms with Crippen molar-refractivity contribution < 1.29 is 19.1 Å². The fourth-order valence-corrected chi connectivity index (χ4v) is 3.80. The molecule has 0 aliphatic carbocycles. The van der Waals surface area contributed by atoms with Crippen LogP contribution in [0.2, 0.25) is 0 Å². The van der Waals surface area contributed by atoms with Crippen LogP contribution in [0.4, 0.5) is 0 Å². The number of nitrogens with zero attached hydrogens (tertiary/aromatic N) is 1. The summed E-state index contributed by atoms with van der Waals surface area (Å²) in [6.45, 7) is 4.96. The third kappa shape index (κ3) is 4.54. The average Bonchev–Trinajstić information content (AvgIpc) is 3.35. The van der Waals surface area contributed by atoms with E-state index in [4.69, 9.17) is 9.15 Å². The summed E-state index contributed by atoms with van der Waals surface area (Å²) in [6, 6.07) is 15.5. The van der Waals surface area contributed by atoms with Crippen molar-refractivity contribution in [2.45, 2.75) is 39.3 Å². The van der Waals surface area contributed by atoms with Gasteiger partial charge in [0.15, 0.2) is 0 Å². The number of aryl methyl sites for hydroxylation is 2. The molecule has 2 N–H and O–H groups in total. The molecule has 2 aromatic carbocycles. The van der Waals surface area contributed by atoms with Gasteiger partial charge in [0.05, 0.1) is 0 Å². The Kier molecular flexibility index (Phi) is 5.86. The van der Waals surface area contributed by atoms with Crippen LogP contribution < -0.4 is 10.1 Å². The Labute approximate surface area is 175 Å². The molecule has 1 aliphatic rings. The Morgan fingerprint density at radius 3 is 2.70 bits per heavy atom. The number of carbonyl (C=O) groups is 1. The molecule has 156 valence electrons. The van der Waals surface area contributed by atoms with Crippen LogP contribution in [-0.2, 0) is 17.8 Å². The number of rotatable bonds is 7. The van der Waals surface area contributed by atoms with Gasteiger partial charge in [-0.1, -0.05) is 35.9 Å². The summed E-state index contributed by atoms with van der Waals surface area (Å²) in [6.07, 6.45) is 1.41. The third-order valence-electron chi connectivity index (χ3n) is 5.56. The number of carboxylic acids is 1. The molecule has 1 unspecified atom stereocenters. The van der Waals surface area contributed by atoms with Gasteiger partial charge in [-0.05, 0) is 62.9 Å². The second-order valence-electron chi connectivity index (χ2n) is 7.89. The lowest BCUT2D eigenvalue weighted by atomic mass is 9.96. The van der Waals surface area contributed by atoms with E-state index in [1.807, 2.05) is 62.4 Å². The van der Waals surface area contributed by atoms with E-state index in [1.165, 1.54) is 5.56 Å². The zero-order valence-corrected chi connectivity index (χ0v) is 17.2. The molecule has 6 heteroatoms. The summed E-state index contributed by atoms with van der Waals surface area (Å²) in [5.74, 6) is 1.63. The Hall–Kier alpha value is -3.12. The van der Waals surface area contributed by atoms with Crippen molar-refractivity contribution in [1.82, 2.24) is 10.3 Å². The molecule has 1 aliphatic heterocycles. The SMILES string of the molecule is Cc1ccc(-c2nc(COc3ccccc3CC3CN[C@@H](C(=O)O)C3)c(C)o2)cc1. The smallest absolute Gasteiger partial charge is 0.320 e. The lowest BCUT2D eigenvalue weighted by molar-refractivity contribution is -0.139. The Morgan fingerprint density at radius 1 is 1.20 bits per heavy atom. The maximum atomic E-state index is 11.2. The van der Waals surface area contributed by atoms with Crippen LogP contribution in [0.1, 0.15) is 29.0 Å².